The van der Waals surface area contributed by atoms with Crippen LogP contribution in [0.2, 0.25) is 0 Å². The van der Waals surface area contributed by atoms with Gasteiger partial charge in [-0.2, -0.15) is 0 Å². The molecule has 0 spiro atoms. The second kappa shape index (κ2) is 6.78. The van der Waals surface area contributed by atoms with Crippen LogP contribution in [0.3, 0.4) is 0 Å². The van der Waals surface area contributed by atoms with Crippen molar-refractivity contribution in [2.45, 2.75) is 31.8 Å². The van der Waals surface area contributed by atoms with Crippen molar-refractivity contribution in [3.63, 3.8) is 0 Å². The zero-order valence-electron chi connectivity index (χ0n) is 16.5. The number of fused-ring (bicyclic) bond motifs is 5. The summed E-state index contributed by atoms with van der Waals surface area (Å²) >= 11 is 0. The Morgan fingerprint density at radius 1 is 0.893 bits per heavy atom. The van der Waals surface area contributed by atoms with E-state index < -0.39 is 0 Å². The van der Waals surface area contributed by atoms with E-state index in [2.05, 4.69) is 23.1 Å². The van der Waals surface area contributed by atoms with Crippen LogP contribution in [0.1, 0.15) is 34.7 Å². The van der Waals surface area contributed by atoms with Gasteiger partial charge in [0.2, 0.25) is 12.5 Å². The molecule has 6 heteroatoms. The van der Waals surface area contributed by atoms with Crippen LogP contribution >= 0.6 is 0 Å². The molecule has 0 bridgehead atoms. The van der Waals surface area contributed by atoms with Gasteiger partial charge in [0.15, 0.2) is 23.0 Å². The van der Waals surface area contributed by atoms with Crippen LogP contribution in [0.15, 0.2) is 18.2 Å². The minimum Gasteiger partial charge on any atom is -0.493 e. The molecular weight excluding hydrogens is 358 g/mol. The Hall–Kier alpha value is -2.60. The van der Waals surface area contributed by atoms with Gasteiger partial charge in [-0.25, -0.2) is 0 Å². The molecular formula is C22H25NO5. The number of rotatable bonds is 3. The number of ether oxygens (including phenoxy) is 5. The molecule has 28 heavy (non-hydrogen) atoms. The Morgan fingerprint density at radius 2 is 1.68 bits per heavy atom. The maximum atomic E-state index is 5.77. The number of hydrogen-bond donors (Lipinski definition) is 0. The molecule has 5 rings (SSSR count). The molecule has 0 N–H and O–H groups in total. The van der Waals surface area contributed by atoms with Crippen molar-refractivity contribution in [3.8, 4) is 28.7 Å². The first kappa shape index (κ1) is 17.5. The fourth-order valence-electron chi connectivity index (χ4n) is 4.83. The van der Waals surface area contributed by atoms with E-state index in [1.165, 1.54) is 22.3 Å². The van der Waals surface area contributed by atoms with Crippen LogP contribution < -0.4 is 23.7 Å². The van der Waals surface area contributed by atoms with E-state index in [0.717, 1.165) is 55.4 Å². The maximum absolute atomic E-state index is 5.77. The van der Waals surface area contributed by atoms with Crippen molar-refractivity contribution >= 4 is 0 Å². The molecule has 0 radical (unpaired) electrons. The highest BCUT2D eigenvalue weighted by molar-refractivity contribution is 5.60. The molecule has 3 aliphatic heterocycles. The van der Waals surface area contributed by atoms with Gasteiger partial charge in [0.05, 0.1) is 21.3 Å². The first-order chi connectivity index (χ1) is 13.7. The van der Waals surface area contributed by atoms with Crippen molar-refractivity contribution in [1.82, 2.24) is 4.90 Å². The predicted octanol–water partition coefficient (Wildman–Crippen LogP) is 3.49. The average Bonchev–Trinajstić information content (AvgIpc) is 3.09. The summed E-state index contributed by atoms with van der Waals surface area (Å²) in [5.41, 5.74) is 5.21. The SMILES string of the molecule is COc1cc2c(c(OC)c1OC)CN1CCc3cc4c(cc3[C@@H]1CC2)OCO4. The Balaban J connectivity index is 1.56. The van der Waals surface area contributed by atoms with E-state index in [1.54, 1.807) is 21.3 Å². The van der Waals surface area contributed by atoms with Crippen molar-refractivity contribution in [1.29, 1.82) is 0 Å². The topological polar surface area (TPSA) is 49.4 Å². The minimum absolute atomic E-state index is 0.314. The average molecular weight is 383 g/mol. The second-order valence-corrected chi connectivity index (χ2v) is 7.46. The summed E-state index contributed by atoms with van der Waals surface area (Å²) in [6, 6.07) is 6.81. The van der Waals surface area contributed by atoms with Gasteiger partial charge < -0.3 is 23.7 Å². The van der Waals surface area contributed by atoms with Crippen LogP contribution in [0.5, 0.6) is 28.7 Å². The lowest BCUT2D eigenvalue weighted by molar-refractivity contribution is 0.170. The number of benzene rings is 2. The maximum Gasteiger partial charge on any atom is 0.231 e. The van der Waals surface area contributed by atoms with E-state index in [-0.39, 0.29) is 0 Å². The molecule has 0 unspecified atom stereocenters. The van der Waals surface area contributed by atoms with Gasteiger partial charge in [-0.3, -0.25) is 4.90 Å². The quantitative estimate of drug-likeness (QED) is 0.809. The van der Waals surface area contributed by atoms with Crippen LogP contribution in [0, 0.1) is 0 Å². The van der Waals surface area contributed by atoms with Crippen LogP contribution in [0.4, 0.5) is 0 Å². The molecule has 1 atom stereocenters. The third-order valence-electron chi connectivity index (χ3n) is 6.18. The normalized spacial score (nSPS) is 19.9. The lowest BCUT2D eigenvalue weighted by Crippen LogP contribution is -2.34. The molecule has 148 valence electrons. The standard InChI is InChI=1S/C22H25NO5/c1-24-20-9-13-4-5-17-15-10-19-18(27-12-28-19)8-14(15)6-7-23(17)11-16(13)21(25-2)22(20)26-3/h8-10,17H,4-7,11-12H2,1-3H3/t17-/m0/s1. The fraction of sp³-hybridized carbons (Fsp3) is 0.455. The van der Waals surface area contributed by atoms with E-state index in [1.807, 2.05) is 0 Å². The number of aryl methyl sites for hydroxylation is 1. The summed E-state index contributed by atoms with van der Waals surface area (Å²) in [4.78, 5) is 2.55. The molecule has 3 aliphatic rings. The summed E-state index contributed by atoms with van der Waals surface area (Å²) in [5.74, 6) is 3.92. The zero-order valence-corrected chi connectivity index (χ0v) is 16.5. The van der Waals surface area contributed by atoms with Crippen LogP contribution in [-0.4, -0.2) is 39.6 Å². The van der Waals surface area contributed by atoms with E-state index >= 15 is 0 Å². The molecule has 2 aromatic rings. The molecule has 0 amide bonds. The van der Waals surface area contributed by atoms with Crippen LogP contribution in [0.25, 0.3) is 0 Å². The Morgan fingerprint density at radius 3 is 2.43 bits per heavy atom. The largest absolute Gasteiger partial charge is 0.493 e. The number of methoxy groups -OCH3 is 3. The number of nitrogens with zero attached hydrogens (tertiary/aromatic N) is 1. The highest BCUT2D eigenvalue weighted by Gasteiger charge is 2.34. The summed E-state index contributed by atoms with van der Waals surface area (Å²) < 4.78 is 28.2. The molecule has 6 nitrogen and oxygen atoms in total. The van der Waals surface area contributed by atoms with E-state index in [0.29, 0.717) is 18.6 Å². The predicted molar refractivity (Wildman–Crippen MR) is 104 cm³/mol. The third-order valence-corrected chi connectivity index (χ3v) is 6.18. The fourth-order valence-corrected chi connectivity index (χ4v) is 4.83. The molecule has 3 heterocycles. The lowest BCUT2D eigenvalue weighted by Gasteiger charge is -2.36. The van der Waals surface area contributed by atoms with Gasteiger partial charge in [0.25, 0.3) is 0 Å². The lowest BCUT2D eigenvalue weighted by atomic mass is 9.89. The molecule has 2 aromatic carbocycles. The highest BCUT2D eigenvalue weighted by Crippen LogP contribution is 2.48. The monoisotopic (exact) mass is 383 g/mol. The molecule has 0 aliphatic carbocycles. The first-order valence-electron chi connectivity index (χ1n) is 9.70. The minimum atomic E-state index is 0.314. The molecule has 0 saturated heterocycles. The van der Waals surface area contributed by atoms with Crippen molar-refractivity contribution in [2.24, 2.45) is 0 Å². The van der Waals surface area contributed by atoms with Gasteiger partial charge >= 0.3 is 0 Å². The van der Waals surface area contributed by atoms with Gasteiger partial charge in [-0.05, 0) is 54.2 Å². The summed E-state index contributed by atoms with van der Waals surface area (Å²) in [6.07, 6.45) is 3.01. The van der Waals surface area contributed by atoms with Gasteiger partial charge in [0, 0.05) is 24.7 Å². The van der Waals surface area contributed by atoms with Gasteiger partial charge in [-0.15, -0.1) is 0 Å². The van der Waals surface area contributed by atoms with Crippen LogP contribution in [-0.2, 0) is 19.4 Å². The number of hydrogen-bond acceptors (Lipinski definition) is 6. The van der Waals surface area contributed by atoms with Crippen molar-refractivity contribution < 1.29 is 23.7 Å². The third kappa shape index (κ3) is 2.58. The van der Waals surface area contributed by atoms with E-state index in [9.17, 15) is 0 Å². The molecule has 0 aromatic heterocycles. The highest BCUT2D eigenvalue weighted by atomic mass is 16.7. The summed E-state index contributed by atoms with van der Waals surface area (Å²) in [6.45, 7) is 2.15. The first-order valence-corrected chi connectivity index (χ1v) is 9.70. The smallest absolute Gasteiger partial charge is 0.231 e. The Bertz CT molecular complexity index is 926. The van der Waals surface area contributed by atoms with Gasteiger partial charge in [-0.1, -0.05) is 0 Å². The van der Waals surface area contributed by atoms with Crippen molar-refractivity contribution in [3.05, 3.63) is 40.5 Å². The molecule has 0 fully saturated rings. The Labute approximate surface area is 164 Å². The van der Waals surface area contributed by atoms with Gasteiger partial charge in [0.1, 0.15) is 0 Å². The Kier molecular flexibility index (Phi) is 4.23. The summed E-state index contributed by atoms with van der Waals surface area (Å²) in [5, 5.41) is 0. The van der Waals surface area contributed by atoms with E-state index in [4.69, 9.17) is 23.7 Å². The molecule has 0 saturated carbocycles. The summed E-state index contributed by atoms with van der Waals surface area (Å²) in [7, 11) is 5.03. The zero-order chi connectivity index (χ0) is 19.3. The van der Waals surface area contributed by atoms with Crippen molar-refractivity contribution in [2.75, 3.05) is 34.7 Å². The second-order valence-electron chi connectivity index (χ2n) is 7.46.